The summed E-state index contributed by atoms with van der Waals surface area (Å²) in [4.78, 5) is 0. The van der Waals surface area contributed by atoms with Crippen LogP contribution >= 0.6 is 0 Å². The number of rotatable bonds is 19. The molecule has 1 unspecified atom stereocenters. The monoisotopic (exact) mass is 352 g/mol. The summed E-state index contributed by atoms with van der Waals surface area (Å²) in [6.45, 7) is 14.0. The van der Waals surface area contributed by atoms with Gasteiger partial charge in [0.05, 0.1) is 5.60 Å². The van der Waals surface area contributed by atoms with Crippen molar-refractivity contribution in [2.24, 2.45) is 5.92 Å². The second-order valence-corrected chi connectivity index (χ2v) is 8.33. The third-order valence-electron chi connectivity index (χ3n) is 5.52. The smallest absolute Gasteiger partial charge is 0.0688 e. The van der Waals surface area contributed by atoms with Crippen LogP contribution in [0, 0.1) is 5.92 Å². The molecule has 0 fully saturated rings. The fourth-order valence-corrected chi connectivity index (χ4v) is 3.57. The SMILES string of the molecule is C=CC(CCCCCCCC)C(C)(C)OCCCCCCCCCC. The molecule has 1 nitrogen and oxygen atoms in total. The van der Waals surface area contributed by atoms with E-state index in [9.17, 15) is 0 Å². The van der Waals surface area contributed by atoms with Crippen molar-refractivity contribution < 1.29 is 4.74 Å². The Kier molecular flexibility index (Phi) is 16.9. The summed E-state index contributed by atoms with van der Waals surface area (Å²) in [6.07, 6.45) is 22.4. The molecule has 0 aromatic heterocycles. The molecule has 0 aliphatic carbocycles. The molecule has 1 atom stereocenters. The lowest BCUT2D eigenvalue weighted by atomic mass is 9.86. The number of unbranched alkanes of at least 4 members (excludes halogenated alkanes) is 12. The molecule has 0 bridgehead atoms. The van der Waals surface area contributed by atoms with E-state index in [1.165, 1.54) is 96.3 Å². The maximum atomic E-state index is 6.25. The second kappa shape index (κ2) is 17.1. The second-order valence-electron chi connectivity index (χ2n) is 8.33. The topological polar surface area (TPSA) is 9.23 Å². The van der Waals surface area contributed by atoms with E-state index in [1.807, 2.05) is 0 Å². The van der Waals surface area contributed by atoms with Gasteiger partial charge in [0.15, 0.2) is 0 Å². The van der Waals surface area contributed by atoms with Crippen molar-refractivity contribution in [3.8, 4) is 0 Å². The molecule has 0 amide bonds. The predicted molar refractivity (Wildman–Crippen MR) is 114 cm³/mol. The van der Waals surface area contributed by atoms with Gasteiger partial charge in [0.25, 0.3) is 0 Å². The Labute approximate surface area is 160 Å². The Bertz CT molecular complexity index is 282. The van der Waals surface area contributed by atoms with Crippen molar-refractivity contribution in [2.75, 3.05) is 6.61 Å². The minimum Gasteiger partial charge on any atom is -0.375 e. The summed E-state index contributed by atoms with van der Waals surface area (Å²) in [6, 6.07) is 0. The molecular weight excluding hydrogens is 304 g/mol. The zero-order chi connectivity index (χ0) is 18.8. The predicted octanol–water partition coefficient (Wildman–Crippen LogP) is 8.48. The fourth-order valence-electron chi connectivity index (χ4n) is 3.57. The van der Waals surface area contributed by atoms with Crippen LogP contribution in [0.5, 0.6) is 0 Å². The van der Waals surface area contributed by atoms with Crippen molar-refractivity contribution >= 4 is 0 Å². The van der Waals surface area contributed by atoms with Crippen molar-refractivity contribution in [1.29, 1.82) is 0 Å². The van der Waals surface area contributed by atoms with Crippen LogP contribution in [0.25, 0.3) is 0 Å². The van der Waals surface area contributed by atoms with Crippen LogP contribution in [0.1, 0.15) is 124 Å². The average Bonchev–Trinajstić information content (AvgIpc) is 2.59. The van der Waals surface area contributed by atoms with Crippen molar-refractivity contribution in [3.05, 3.63) is 12.7 Å². The Balaban J connectivity index is 3.73. The largest absolute Gasteiger partial charge is 0.375 e. The Morgan fingerprint density at radius 2 is 1.16 bits per heavy atom. The van der Waals surface area contributed by atoms with Gasteiger partial charge in [0.1, 0.15) is 0 Å². The van der Waals surface area contributed by atoms with Crippen molar-refractivity contribution in [1.82, 2.24) is 0 Å². The third-order valence-corrected chi connectivity index (χ3v) is 5.52. The first-order chi connectivity index (χ1) is 12.1. The summed E-state index contributed by atoms with van der Waals surface area (Å²) < 4.78 is 6.25. The van der Waals surface area contributed by atoms with E-state index in [2.05, 4.69) is 40.3 Å². The molecule has 0 saturated heterocycles. The van der Waals surface area contributed by atoms with Gasteiger partial charge in [0.2, 0.25) is 0 Å². The van der Waals surface area contributed by atoms with Crippen LogP contribution in [0.3, 0.4) is 0 Å². The summed E-state index contributed by atoms with van der Waals surface area (Å²) >= 11 is 0. The van der Waals surface area contributed by atoms with Crippen molar-refractivity contribution in [3.63, 3.8) is 0 Å². The van der Waals surface area contributed by atoms with Crippen LogP contribution in [0.15, 0.2) is 12.7 Å². The fraction of sp³-hybridized carbons (Fsp3) is 0.917. The molecule has 0 radical (unpaired) electrons. The number of hydrogen-bond donors (Lipinski definition) is 0. The molecule has 0 spiro atoms. The van der Waals surface area contributed by atoms with E-state index in [1.54, 1.807) is 0 Å². The van der Waals surface area contributed by atoms with E-state index in [0.29, 0.717) is 5.92 Å². The highest BCUT2D eigenvalue weighted by Crippen LogP contribution is 2.28. The molecule has 150 valence electrons. The van der Waals surface area contributed by atoms with Gasteiger partial charge < -0.3 is 4.74 Å². The van der Waals surface area contributed by atoms with Gasteiger partial charge >= 0.3 is 0 Å². The zero-order valence-electron chi connectivity index (χ0n) is 18.1. The summed E-state index contributed by atoms with van der Waals surface area (Å²) in [5, 5.41) is 0. The first kappa shape index (κ1) is 24.7. The molecule has 0 N–H and O–H groups in total. The Morgan fingerprint density at radius 3 is 1.64 bits per heavy atom. The Morgan fingerprint density at radius 1 is 0.720 bits per heavy atom. The number of ether oxygens (including phenoxy) is 1. The van der Waals surface area contributed by atoms with E-state index >= 15 is 0 Å². The highest BCUT2D eigenvalue weighted by Gasteiger charge is 2.27. The van der Waals surface area contributed by atoms with Gasteiger partial charge in [-0.05, 0) is 26.7 Å². The highest BCUT2D eigenvalue weighted by atomic mass is 16.5. The van der Waals surface area contributed by atoms with E-state index in [4.69, 9.17) is 4.74 Å². The lowest BCUT2D eigenvalue weighted by molar-refractivity contribution is -0.0508. The van der Waals surface area contributed by atoms with Gasteiger partial charge in [0, 0.05) is 12.5 Å². The summed E-state index contributed by atoms with van der Waals surface area (Å²) in [5.74, 6) is 0.479. The van der Waals surface area contributed by atoms with Gasteiger partial charge in [-0.2, -0.15) is 0 Å². The normalized spacial score (nSPS) is 13.1. The average molecular weight is 353 g/mol. The van der Waals surface area contributed by atoms with Gasteiger partial charge in [-0.1, -0.05) is 103 Å². The van der Waals surface area contributed by atoms with Gasteiger partial charge in [-0.3, -0.25) is 0 Å². The molecule has 0 heterocycles. The van der Waals surface area contributed by atoms with Gasteiger partial charge in [-0.25, -0.2) is 0 Å². The molecule has 0 aromatic carbocycles. The molecule has 0 saturated carbocycles. The van der Waals surface area contributed by atoms with Crippen molar-refractivity contribution in [2.45, 2.75) is 130 Å². The van der Waals surface area contributed by atoms with E-state index in [0.717, 1.165) is 6.61 Å². The maximum absolute atomic E-state index is 6.25. The lowest BCUT2D eigenvalue weighted by Crippen LogP contribution is -2.33. The third kappa shape index (κ3) is 14.5. The van der Waals surface area contributed by atoms with Gasteiger partial charge in [-0.15, -0.1) is 6.58 Å². The quantitative estimate of drug-likeness (QED) is 0.167. The van der Waals surface area contributed by atoms with Crippen LogP contribution in [-0.2, 0) is 4.74 Å². The molecule has 0 aromatic rings. The van der Waals surface area contributed by atoms with Crippen LogP contribution in [-0.4, -0.2) is 12.2 Å². The van der Waals surface area contributed by atoms with Crippen LogP contribution in [0.4, 0.5) is 0 Å². The first-order valence-electron chi connectivity index (χ1n) is 11.3. The van der Waals surface area contributed by atoms with E-state index < -0.39 is 0 Å². The standard InChI is InChI=1S/C24H48O/c1-6-9-11-13-15-16-18-20-22-25-24(4,5)23(8-3)21-19-17-14-12-10-7-2/h8,23H,3,6-7,9-22H2,1-2,4-5H3. The minimum absolute atomic E-state index is 0.0632. The molecule has 0 rings (SSSR count). The molecule has 0 aliphatic heterocycles. The highest BCUT2D eigenvalue weighted by molar-refractivity contribution is 4.91. The maximum Gasteiger partial charge on any atom is 0.0688 e. The first-order valence-corrected chi connectivity index (χ1v) is 11.3. The minimum atomic E-state index is -0.0632. The van der Waals surface area contributed by atoms with Crippen LogP contribution in [0.2, 0.25) is 0 Å². The van der Waals surface area contributed by atoms with E-state index in [-0.39, 0.29) is 5.60 Å². The van der Waals surface area contributed by atoms with Crippen LogP contribution < -0.4 is 0 Å². The summed E-state index contributed by atoms with van der Waals surface area (Å²) in [7, 11) is 0. The number of hydrogen-bond acceptors (Lipinski definition) is 1. The Hall–Kier alpha value is -0.300. The summed E-state index contributed by atoms with van der Waals surface area (Å²) in [5.41, 5.74) is -0.0632. The molecule has 25 heavy (non-hydrogen) atoms. The molecular formula is C24H48O. The molecule has 1 heteroatoms. The zero-order valence-corrected chi connectivity index (χ0v) is 18.1. The molecule has 0 aliphatic rings. The lowest BCUT2D eigenvalue weighted by Gasteiger charge is -2.33.